The molecule has 1 aromatic rings. The number of fused-ring (bicyclic) bond motifs is 1. The third-order valence-electron chi connectivity index (χ3n) is 4.65. The van der Waals surface area contributed by atoms with E-state index in [0.29, 0.717) is 25.1 Å². The smallest absolute Gasteiger partial charge is 0.335 e. The van der Waals surface area contributed by atoms with Crippen molar-refractivity contribution in [2.45, 2.75) is 44.7 Å². The first kappa shape index (κ1) is 13.9. The Morgan fingerprint density at radius 3 is 2.71 bits per heavy atom. The number of aromatic carboxylic acids is 1. The fraction of sp³-hybridized carbons (Fsp3) is 0.500. The van der Waals surface area contributed by atoms with Gasteiger partial charge in [0.25, 0.3) is 0 Å². The van der Waals surface area contributed by atoms with Gasteiger partial charge in [0, 0.05) is 18.6 Å². The van der Waals surface area contributed by atoms with Crippen LogP contribution in [0.4, 0.5) is 4.79 Å². The Labute approximate surface area is 123 Å². The summed E-state index contributed by atoms with van der Waals surface area (Å²) >= 11 is 0. The molecule has 2 N–H and O–H groups in total. The average molecular weight is 288 g/mol. The molecule has 5 nitrogen and oxygen atoms in total. The number of benzene rings is 1. The first-order valence-electron chi connectivity index (χ1n) is 7.40. The van der Waals surface area contributed by atoms with Gasteiger partial charge in [0.05, 0.1) is 5.56 Å². The lowest BCUT2D eigenvalue weighted by atomic mass is 9.79. The molecule has 1 saturated carbocycles. The number of hydrogen-bond acceptors (Lipinski definition) is 2. The third kappa shape index (κ3) is 2.60. The van der Waals surface area contributed by atoms with Crippen molar-refractivity contribution in [3.05, 3.63) is 34.9 Å². The van der Waals surface area contributed by atoms with E-state index in [1.165, 1.54) is 6.42 Å². The van der Waals surface area contributed by atoms with Crippen LogP contribution in [-0.4, -0.2) is 34.1 Å². The van der Waals surface area contributed by atoms with Gasteiger partial charge < -0.3 is 15.3 Å². The maximum Gasteiger partial charge on any atom is 0.335 e. The molecule has 0 radical (unpaired) electrons. The minimum absolute atomic E-state index is 0.0384. The van der Waals surface area contributed by atoms with Crippen LogP contribution in [0.25, 0.3) is 0 Å². The summed E-state index contributed by atoms with van der Waals surface area (Å²) in [6, 6.07) is 5.25. The first-order chi connectivity index (χ1) is 9.98. The molecule has 0 bridgehead atoms. The standard InChI is InChI=1S/C16H20N2O3/c1-16(7-3-8-16)17-15(21)18-9-6-12-11(10-18)4-2-5-13(12)14(19)20/h2,4-5H,3,6-10H2,1H3,(H,17,21)(H,19,20). The second-order valence-electron chi connectivity index (χ2n) is 6.26. The van der Waals surface area contributed by atoms with Crippen molar-refractivity contribution in [3.8, 4) is 0 Å². The number of amides is 2. The second kappa shape index (κ2) is 5.06. The highest BCUT2D eigenvalue weighted by Crippen LogP contribution is 2.31. The number of carbonyl (C=O) groups excluding carboxylic acids is 1. The number of hydrogen-bond donors (Lipinski definition) is 2. The normalized spacial score (nSPS) is 19.4. The third-order valence-corrected chi connectivity index (χ3v) is 4.65. The highest BCUT2D eigenvalue weighted by Gasteiger charge is 2.35. The van der Waals surface area contributed by atoms with Gasteiger partial charge in [-0.15, -0.1) is 0 Å². The minimum atomic E-state index is -0.897. The lowest BCUT2D eigenvalue weighted by Gasteiger charge is -2.41. The lowest BCUT2D eigenvalue weighted by molar-refractivity contribution is 0.0695. The molecule has 0 saturated heterocycles. The number of carboxylic acids is 1. The van der Waals surface area contributed by atoms with Gasteiger partial charge in [-0.05, 0) is 49.8 Å². The molecule has 0 unspecified atom stereocenters. The number of urea groups is 1. The maximum atomic E-state index is 12.3. The summed E-state index contributed by atoms with van der Waals surface area (Å²) in [5.41, 5.74) is 2.11. The van der Waals surface area contributed by atoms with Gasteiger partial charge in [-0.3, -0.25) is 0 Å². The van der Waals surface area contributed by atoms with Crippen molar-refractivity contribution in [2.24, 2.45) is 0 Å². The van der Waals surface area contributed by atoms with Crippen molar-refractivity contribution >= 4 is 12.0 Å². The number of carboxylic acid groups (broad SMARTS) is 1. The van der Waals surface area contributed by atoms with Gasteiger partial charge >= 0.3 is 12.0 Å². The Morgan fingerprint density at radius 2 is 2.10 bits per heavy atom. The van der Waals surface area contributed by atoms with Crippen LogP contribution in [0, 0.1) is 0 Å². The molecule has 3 rings (SSSR count). The van der Waals surface area contributed by atoms with E-state index >= 15 is 0 Å². The van der Waals surface area contributed by atoms with Crippen LogP contribution in [0.1, 0.15) is 47.7 Å². The van der Waals surface area contributed by atoms with Crippen LogP contribution in [0.5, 0.6) is 0 Å². The van der Waals surface area contributed by atoms with Gasteiger partial charge in [-0.2, -0.15) is 0 Å². The van der Waals surface area contributed by atoms with Gasteiger partial charge in [0.1, 0.15) is 0 Å². The highest BCUT2D eigenvalue weighted by atomic mass is 16.4. The Morgan fingerprint density at radius 1 is 1.33 bits per heavy atom. The Hall–Kier alpha value is -2.04. The molecule has 0 atom stereocenters. The molecule has 2 aliphatic rings. The molecule has 112 valence electrons. The van der Waals surface area contributed by atoms with Crippen LogP contribution >= 0.6 is 0 Å². The number of rotatable bonds is 2. The van der Waals surface area contributed by atoms with E-state index in [-0.39, 0.29) is 11.6 Å². The summed E-state index contributed by atoms with van der Waals surface area (Å²) in [5, 5.41) is 12.3. The van der Waals surface area contributed by atoms with E-state index in [9.17, 15) is 14.7 Å². The van der Waals surface area contributed by atoms with Gasteiger partial charge in [-0.25, -0.2) is 9.59 Å². The molecule has 1 fully saturated rings. The molecule has 2 amide bonds. The first-order valence-corrected chi connectivity index (χ1v) is 7.40. The molecule has 1 heterocycles. The number of nitrogens with one attached hydrogen (secondary N) is 1. The minimum Gasteiger partial charge on any atom is -0.478 e. The van der Waals surface area contributed by atoms with Crippen molar-refractivity contribution in [1.29, 1.82) is 0 Å². The zero-order valence-corrected chi connectivity index (χ0v) is 12.2. The van der Waals surface area contributed by atoms with Crippen LogP contribution in [-0.2, 0) is 13.0 Å². The summed E-state index contributed by atoms with van der Waals surface area (Å²) in [5.74, 6) is -0.897. The van der Waals surface area contributed by atoms with Crippen molar-refractivity contribution in [2.75, 3.05) is 6.54 Å². The highest BCUT2D eigenvalue weighted by molar-refractivity contribution is 5.90. The van der Waals surface area contributed by atoms with E-state index in [2.05, 4.69) is 12.2 Å². The van der Waals surface area contributed by atoms with Crippen molar-refractivity contribution in [3.63, 3.8) is 0 Å². The Kier molecular flexibility index (Phi) is 3.35. The number of carbonyl (C=O) groups is 2. The number of nitrogens with zero attached hydrogens (tertiary/aromatic N) is 1. The van der Waals surface area contributed by atoms with E-state index in [4.69, 9.17) is 0 Å². The average Bonchev–Trinajstić information content (AvgIpc) is 2.44. The lowest BCUT2D eigenvalue weighted by Crippen LogP contribution is -2.55. The SMILES string of the molecule is CC1(NC(=O)N2CCc3c(cccc3C(=O)O)C2)CCC1. The molecule has 0 spiro atoms. The zero-order valence-electron chi connectivity index (χ0n) is 12.2. The molecule has 1 aliphatic heterocycles. The van der Waals surface area contributed by atoms with Crippen LogP contribution < -0.4 is 5.32 Å². The predicted molar refractivity (Wildman–Crippen MR) is 78.3 cm³/mol. The summed E-state index contributed by atoms with van der Waals surface area (Å²) in [7, 11) is 0. The van der Waals surface area contributed by atoms with E-state index < -0.39 is 5.97 Å². The van der Waals surface area contributed by atoms with E-state index in [0.717, 1.165) is 24.0 Å². The van der Waals surface area contributed by atoms with Crippen LogP contribution in [0.15, 0.2) is 18.2 Å². The fourth-order valence-electron chi connectivity index (χ4n) is 3.15. The molecule has 5 heteroatoms. The van der Waals surface area contributed by atoms with Crippen molar-refractivity contribution < 1.29 is 14.7 Å². The molecular formula is C16H20N2O3. The van der Waals surface area contributed by atoms with Gasteiger partial charge in [0.2, 0.25) is 0 Å². The fourth-order valence-corrected chi connectivity index (χ4v) is 3.15. The van der Waals surface area contributed by atoms with Crippen LogP contribution in [0.3, 0.4) is 0 Å². The molecule has 0 aromatic heterocycles. The van der Waals surface area contributed by atoms with E-state index in [1.807, 2.05) is 6.07 Å². The zero-order chi connectivity index (χ0) is 15.0. The molecule has 21 heavy (non-hydrogen) atoms. The second-order valence-corrected chi connectivity index (χ2v) is 6.26. The summed E-state index contributed by atoms with van der Waals surface area (Å²) in [6.07, 6.45) is 3.84. The van der Waals surface area contributed by atoms with E-state index in [1.54, 1.807) is 17.0 Å². The molecular weight excluding hydrogens is 268 g/mol. The Balaban J connectivity index is 1.74. The molecule has 1 aromatic carbocycles. The van der Waals surface area contributed by atoms with Crippen LogP contribution in [0.2, 0.25) is 0 Å². The maximum absolute atomic E-state index is 12.3. The largest absolute Gasteiger partial charge is 0.478 e. The van der Waals surface area contributed by atoms with Crippen molar-refractivity contribution in [1.82, 2.24) is 10.2 Å². The van der Waals surface area contributed by atoms with Gasteiger partial charge in [0.15, 0.2) is 0 Å². The summed E-state index contributed by atoms with van der Waals surface area (Å²) in [6.45, 7) is 3.13. The monoisotopic (exact) mass is 288 g/mol. The van der Waals surface area contributed by atoms with Gasteiger partial charge in [-0.1, -0.05) is 12.1 Å². The predicted octanol–water partition coefficient (Wildman–Crippen LogP) is 2.40. The molecule has 1 aliphatic carbocycles. The topological polar surface area (TPSA) is 69.6 Å². The Bertz CT molecular complexity index is 593. The quantitative estimate of drug-likeness (QED) is 0.878. The summed E-state index contributed by atoms with van der Waals surface area (Å²) < 4.78 is 0. The summed E-state index contributed by atoms with van der Waals surface area (Å²) in [4.78, 5) is 25.3.